The van der Waals surface area contributed by atoms with Crippen LogP contribution in [0.25, 0.3) is 11.3 Å². The normalized spacial score (nSPS) is 11.7. The van der Waals surface area contributed by atoms with E-state index in [0.29, 0.717) is 30.3 Å². The SMILES string of the molecule is CC(C)Cn1nc(-c2ccc(S(C)(=O)=O)cc2)cc(CN(C)C)c1=O.Cl. The van der Waals surface area contributed by atoms with Crippen molar-refractivity contribution in [2.24, 2.45) is 5.92 Å². The minimum Gasteiger partial charge on any atom is -0.305 e. The van der Waals surface area contributed by atoms with E-state index in [1.54, 1.807) is 30.3 Å². The van der Waals surface area contributed by atoms with Crippen LogP contribution in [0.2, 0.25) is 0 Å². The molecule has 0 bridgehead atoms. The Bertz CT molecular complexity index is 870. The smallest absolute Gasteiger partial charge is 0.271 e. The number of sulfone groups is 1. The van der Waals surface area contributed by atoms with E-state index in [-0.39, 0.29) is 22.9 Å². The molecule has 0 unspecified atom stereocenters. The lowest BCUT2D eigenvalue weighted by Gasteiger charge is -2.15. The first kappa shape index (κ1) is 22.3. The highest BCUT2D eigenvalue weighted by molar-refractivity contribution is 7.90. The Morgan fingerprint density at radius 1 is 1.15 bits per heavy atom. The molecular formula is C18H26ClN3O3S. The second kappa shape index (κ2) is 8.79. The standard InChI is InChI=1S/C18H25N3O3S.ClH/c1-13(2)11-21-18(22)15(12-20(3)4)10-17(19-21)14-6-8-16(9-7-14)25(5,23)24;/h6-10,13H,11-12H2,1-5H3;1H. The summed E-state index contributed by atoms with van der Waals surface area (Å²) in [5.41, 5.74) is 2.03. The van der Waals surface area contributed by atoms with Gasteiger partial charge in [-0.05, 0) is 38.2 Å². The highest BCUT2D eigenvalue weighted by Crippen LogP contribution is 2.20. The largest absolute Gasteiger partial charge is 0.305 e. The van der Waals surface area contributed by atoms with Crippen LogP contribution in [0.4, 0.5) is 0 Å². The Hall–Kier alpha value is -1.70. The van der Waals surface area contributed by atoms with Gasteiger partial charge in [0.05, 0.1) is 10.6 Å². The third-order valence-electron chi connectivity index (χ3n) is 3.65. The summed E-state index contributed by atoms with van der Waals surface area (Å²) in [5, 5.41) is 4.48. The predicted octanol–water partition coefficient (Wildman–Crippen LogP) is 2.45. The lowest BCUT2D eigenvalue weighted by Crippen LogP contribution is -2.30. The summed E-state index contributed by atoms with van der Waals surface area (Å²) in [6.07, 6.45) is 1.18. The fraction of sp³-hybridized carbons (Fsp3) is 0.444. The summed E-state index contributed by atoms with van der Waals surface area (Å²) in [4.78, 5) is 14.8. The maximum absolute atomic E-state index is 12.6. The van der Waals surface area contributed by atoms with Gasteiger partial charge in [0.15, 0.2) is 9.84 Å². The molecule has 2 rings (SSSR count). The highest BCUT2D eigenvalue weighted by atomic mass is 35.5. The van der Waals surface area contributed by atoms with Crippen molar-refractivity contribution in [2.75, 3.05) is 20.4 Å². The fourth-order valence-corrected chi connectivity index (χ4v) is 3.16. The van der Waals surface area contributed by atoms with Gasteiger partial charge in [0, 0.05) is 30.5 Å². The molecule has 0 aliphatic rings. The number of benzene rings is 1. The van der Waals surface area contributed by atoms with E-state index in [0.717, 1.165) is 5.56 Å². The van der Waals surface area contributed by atoms with E-state index in [2.05, 4.69) is 5.10 Å². The minimum absolute atomic E-state index is 0. The Balaban J connectivity index is 0.00000338. The Kier molecular flexibility index (Phi) is 7.56. The van der Waals surface area contributed by atoms with Crippen molar-refractivity contribution in [1.29, 1.82) is 0 Å². The predicted molar refractivity (Wildman–Crippen MR) is 107 cm³/mol. The van der Waals surface area contributed by atoms with Crippen molar-refractivity contribution in [3.8, 4) is 11.3 Å². The molecule has 1 aromatic heterocycles. The first-order valence-corrected chi connectivity index (χ1v) is 10.0. The van der Waals surface area contributed by atoms with Crippen LogP contribution in [0, 0.1) is 5.92 Å². The zero-order chi connectivity index (χ0) is 18.8. The third kappa shape index (κ3) is 5.65. The van der Waals surface area contributed by atoms with E-state index in [9.17, 15) is 13.2 Å². The summed E-state index contributed by atoms with van der Waals surface area (Å²) in [7, 11) is 0.581. The van der Waals surface area contributed by atoms with Gasteiger partial charge >= 0.3 is 0 Å². The highest BCUT2D eigenvalue weighted by Gasteiger charge is 2.13. The van der Waals surface area contributed by atoms with Crippen LogP contribution in [0.15, 0.2) is 40.0 Å². The van der Waals surface area contributed by atoms with Gasteiger partial charge in [-0.25, -0.2) is 13.1 Å². The molecule has 0 aliphatic heterocycles. The molecule has 0 amide bonds. The fourth-order valence-electron chi connectivity index (χ4n) is 2.53. The Labute approximate surface area is 161 Å². The van der Waals surface area contributed by atoms with Gasteiger partial charge in [-0.3, -0.25) is 4.79 Å². The maximum Gasteiger partial charge on any atom is 0.271 e. The molecule has 2 aromatic rings. The number of hydrogen-bond acceptors (Lipinski definition) is 5. The van der Waals surface area contributed by atoms with Gasteiger partial charge in [-0.1, -0.05) is 26.0 Å². The molecule has 26 heavy (non-hydrogen) atoms. The van der Waals surface area contributed by atoms with Crippen LogP contribution < -0.4 is 5.56 Å². The lowest BCUT2D eigenvalue weighted by molar-refractivity contribution is 0.392. The monoisotopic (exact) mass is 399 g/mol. The van der Waals surface area contributed by atoms with Gasteiger partial charge in [0.1, 0.15) is 0 Å². The second-order valence-corrected chi connectivity index (χ2v) is 8.99. The number of halogens is 1. The van der Waals surface area contributed by atoms with Crippen molar-refractivity contribution < 1.29 is 8.42 Å². The van der Waals surface area contributed by atoms with Crippen molar-refractivity contribution in [2.45, 2.75) is 31.8 Å². The molecule has 1 heterocycles. The maximum atomic E-state index is 12.6. The van der Waals surface area contributed by atoms with Gasteiger partial charge in [-0.2, -0.15) is 5.10 Å². The van der Waals surface area contributed by atoms with Crippen molar-refractivity contribution in [3.05, 3.63) is 46.2 Å². The number of rotatable bonds is 6. The molecule has 8 heteroatoms. The first-order chi connectivity index (χ1) is 11.6. The van der Waals surface area contributed by atoms with E-state index < -0.39 is 9.84 Å². The van der Waals surface area contributed by atoms with Gasteiger partial charge in [0.2, 0.25) is 0 Å². The Morgan fingerprint density at radius 3 is 2.19 bits per heavy atom. The van der Waals surface area contributed by atoms with Gasteiger partial charge in [-0.15, -0.1) is 12.4 Å². The average Bonchev–Trinajstić information content (AvgIpc) is 2.49. The van der Waals surface area contributed by atoms with Crippen LogP contribution in [-0.4, -0.2) is 43.4 Å². The summed E-state index contributed by atoms with van der Waals surface area (Å²) in [6, 6.07) is 8.37. The van der Waals surface area contributed by atoms with Crippen molar-refractivity contribution >= 4 is 22.2 Å². The molecule has 0 fully saturated rings. The molecule has 0 spiro atoms. The molecule has 0 atom stereocenters. The lowest BCUT2D eigenvalue weighted by atomic mass is 10.1. The summed E-state index contributed by atoms with van der Waals surface area (Å²) in [5.74, 6) is 0.292. The number of nitrogens with zero attached hydrogens (tertiary/aromatic N) is 3. The van der Waals surface area contributed by atoms with E-state index >= 15 is 0 Å². The molecule has 0 radical (unpaired) electrons. The molecule has 0 saturated heterocycles. The Morgan fingerprint density at radius 2 is 1.73 bits per heavy atom. The van der Waals surface area contributed by atoms with Crippen LogP contribution in [0.1, 0.15) is 19.4 Å². The zero-order valence-electron chi connectivity index (χ0n) is 15.8. The molecule has 6 nitrogen and oxygen atoms in total. The minimum atomic E-state index is -3.24. The summed E-state index contributed by atoms with van der Waals surface area (Å²) in [6.45, 7) is 5.13. The first-order valence-electron chi connectivity index (χ1n) is 8.14. The van der Waals surface area contributed by atoms with Crippen LogP contribution in [0.5, 0.6) is 0 Å². The second-order valence-electron chi connectivity index (χ2n) is 6.97. The van der Waals surface area contributed by atoms with Crippen LogP contribution in [0.3, 0.4) is 0 Å². The molecule has 0 saturated carbocycles. The van der Waals surface area contributed by atoms with E-state index in [1.165, 1.54) is 10.9 Å². The van der Waals surface area contributed by atoms with Crippen LogP contribution in [-0.2, 0) is 22.9 Å². The average molecular weight is 400 g/mol. The summed E-state index contributed by atoms with van der Waals surface area (Å²) >= 11 is 0. The zero-order valence-corrected chi connectivity index (χ0v) is 17.4. The topological polar surface area (TPSA) is 72.3 Å². The van der Waals surface area contributed by atoms with E-state index in [1.807, 2.05) is 32.8 Å². The molecule has 0 N–H and O–H groups in total. The van der Waals surface area contributed by atoms with Crippen molar-refractivity contribution in [3.63, 3.8) is 0 Å². The quantitative estimate of drug-likeness (QED) is 0.746. The third-order valence-corrected chi connectivity index (χ3v) is 4.78. The molecule has 0 aliphatic carbocycles. The molecular weight excluding hydrogens is 374 g/mol. The number of hydrogen-bond donors (Lipinski definition) is 0. The van der Waals surface area contributed by atoms with Gasteiger partial charge < -0.3 is 4.90 Å². The van der Waals surface area contributed by atoms with Crippen molar-refractivity contribution in [1.82, 2.24) is 14.7 Å². The molecule has 144 valence electrons. The van der Waals surface area contributed by atoms with Gasteiger partial charge in [0.25, 0.3) is 5.56 Å². The van der Waals surface area contributed by atoms with Crippen LogP contribution >= 0.6 is 12.4 Å². The van der Waals surface area contributed by atoms with E-state index in [4.69, 9.17) is 0 Å². The summed E-state index contributed by atoms with van der Waals surface area (Å²) < 4.78 is 24.7. The molecule has 1 aromatic carbocycles. The number of aromatic nitrogens is 2.